The zero-order valence-electron chi connectivity index (χ0n) is 14.8. The van der Waals surface area contributed by atoms with Gasteiger partial charge in [-0.3, -0.25) is 0 Å². The number of rotatable bonds is 15. The van der Waals surface area contributed by atoms with Crippen LogP contribution in [0.25, 0.3) is 0 Å². The summed E-state index contributed by atoms with van der Waals surface area (Å²) in [6.45, 7) is 2.16. The topological polar surface area (TPSA) is 17.1 Å². The van der Waals surface area contributed by atoms with Crippen LogP contribution in [0.15, 0.2) is 60.8 Å². The average molecular weight is 315 g/mol. The lowest BCUT2D eigenvalue weighted by Gasteiger charge is -1.93. The number of aldehydes is 1. The fourth-order valence-corrected chi connectivity index (χ4v) is 2.04. The van der Waals surface area contributed by atoms with E-state index in [9.17, 15) is 4.79 Å². The van der Waals surface area contributed by atoms with Gasteiger partial charge in [0.2, 0.25) is 0 Å². The van der Waals surface area contributed by atoms with Gasteiger partial charge >= 0.3 is 0 Å². The molecule has 0 N–H and O–H groups in total. The lowest BCUT2D eigenvalue weighted by Crippen LogP contribution is -1.77. The molecular weight excluding hydrogens is 280 g/mol. The molecule has 0 bridgehead atoms. The van der Waals surface area contributed by atoms with Crippen LogP contribution in [-0.4, -0.2) is 6.29 Å². The minimum Gasteiger partial charge on any atom is -0.303 e. The van der Waals surface area contributed by atoms with Crippen LogP contribution >= 0.6 is 0 Å². The van der Waals surface area contributed by atoms with Gasteiger partial charge in [0, 0.05) is 6.42 Å². The van der Waals surface area contributed by atoms with Crippen LogP contribution < -0.4 is 0 Å². The van der Waals surface area contributed by atoms with Crippen molar-refractivity contribution in [2.45, 2.75) is 71.1 Å². The summed E-state index contributed by atoms with van der Waals surface area (Å²) in [5.41, 5.74) is 0. The molecular formula is C22H34O. The van der Waals surface area contributed by atoms with Crippen molar-refractivity contribution in [1.82, 2.24) is 0 Å². The second kappa shape index (κ2) is 20.4. The van der Waals surface area contributed by atoms with Gasteiger partial charge in [-0.2, -0.15) is 0 Å². The summed E-state index contributed by atoms with van der Waals surface area (Å²) in [5, 5.41) is 0. The molecule has 0 spiro atoms. The van der Waals surface area contributed by atoms with Crippen LogP contribution in [0.4, 0.5) is 0 Å². The Morgan fingerprint density at radius 3 is 1.43 bits per heavy atom. The molecule has 0 unspecified atom stereocenters. The zero-order valence-corrected chi connectivity index (χ0v) is 14.8. The molecule has 0 heterocycles. The van der Waals surface area contributed by atoms with Crippen molar-refractivity contribution in [1.29, 1.82) is 0 Å². The maximum absolute atomic E-state index is 10.2. The van der Waals surface area contributed by atoms with E-state index >= 15 is 0 Å². The first-order valence-corrected chi connectivity index (χ1v) is 9.10. The van der Waals surface area contributed by atoms with Gasteiger partial charge in [-0.15, -0.1) is 0 Å². The van der Waals surface area contributed by atoms with Gasteiger partial charge in [0.05, 0.1) is 0 Å². The Kier molecular flexibility index (Phi) is 18.9. The van der Waals surface area contributed by atoms with Crippen molar-refractivity contribution in [3.63, 3.8) is 0 Å². The zero-order chi connectivity index (χ0) is 16.8. The normalized spacial score (nSPS) is 12.7. The lowest BCUT2D eigenvalue weighted by atomic mass is 10.1. The first-order chi connectivity index (χ1) is 11.4. The fraction of sp³-hybridized carbons (Fsp3) is 0.500. The molecule has 128 valence electrons. The number of allylic oxidation sites excluding steroid dienone is 10. The first-order valence-electron chi connectivity index (χ1n) is 9.10. The standard InChI is InChI=1S/C22H34O/c1-2-3-4-5-6-7-8-9-10-11-12-13-14-15-16-17-18-19-20-21-22-23/h3-4,6-7,9-10,12-13,15-16,22H,2,5,8,11,14,17-21H2,1H3/b4-3+,7-6+,10-9+,13-12+,16-15+. The minimum atomic E-state index is 0.714. The van der Waals surface area contributed by atoms with E-state index in [1.807, 2.05) is 0 Å². The highest BCUT2D eigenvalue weighted by Crippen LogP contribution is 2.03. The van der Waals surface area contributed by atoms with Crippen LogP contribution in [0.2, 0.25) is 0 Å². The Balaban J connectivity index is 3.40. The number of hydrogen-bond donors (Lipinski definition) is 0. The quantitative estimate of drug-likeness (QED) is 0.183. The molecule has 0 aliphatic carbocycles. The molecule has 0 aromatic heterocycles. The molecule has 1 nitrogen and oxygen atoms in total. The van der Waals surface area contributed by atoms with Crippen LogP contribution in [0, 0.1) is 0 Å². The Morgan fingerprint density at radius 1 is 0.522 bits per heavy atom. The van der Waals surface area contributed by atoms with Gasteiger partial charge in [-0.1, -0.05) is 74.1 Å². The molecule has 0 saturated heterocycles. The Hall–Kier alpha value is -1.63. The maximum atomic E-state index is 10.2. The highest BCUT2D eigenvalue weighted by atomic mass is 16.1. The van der Waals surface area contributed by atoms with E-state index in [1.165, 1.54) is 6.42 Å². The van der Waals surface area contributed by atoms with Crippen LogP contribution in [-0.2, 0) is 4.79 Å². The van der Waals surface area contributed by atoms with Gasteiger partial charge < -0.3 is 4.79 Å². The van der Waals surface area contributed by atoms with Crippen LogP contribution in [0.3, 0.4) is 0 Å². The first kappa shape index (κ1) is 21.4. The third-order valence-corrected chi connectivity index (χ3v) is 3.35. The fourth-order valence-electron chi connectivity index (χ4n) is 2.04. The summed E-state index contributed by atoms with van der Waals surface area (Å²) in [4.78, 5) is 10.2. The summed E-state index contributed by atoms with van der Waals surface area (Å²) < 4.78 is 0. The summed E-state index contributed by atoms with van der Waals surface area (Å²) >= 11 is 0. The Bertz CT molecular complexity index is 383. The predicted octanol–water partition coefficient (Wildman–Crippen LogP) is 6.89. The van der Waals surface area contributed by atoms with Crippen molar-refractivity contribution >= 4 is 6.29 Å². The van der Waals surface area contributed by atoms with Gasteiger partial charge in [0.1, 0.15) is 6.29 Å². The van der Waals surface area contributed by atoms with Crippen LogP contribution in [0.1, 0.15) is 71.1 Å². The number of carbonyl (C=O) groups is 1. The van der Waals surface area contributed by atoms with E-state index in [4.69, 9.17) is 0 Å². The smallest absolute Gasteiger partial charge is 0.119 e. The molecule has 0 fully saturated rings. The number of unbranched alkanes of at least 4 members (excludes halogenated alkanes) is 4. The summed E-state index contributed by atoms with van der Waals surface area (Å²) in [6, 6.07) is 0. The number of hydrogen-bond acceptors (Lipinski definition) is 1. The van der Waals surface area contributed by atoms with Gasteiger partial charge in [0.25, 0.3) is 0 Å². The van der Waals surface area contributed by atoms with E-state index in [0.717, 1.165) is 57.7 Å². The molecule has 0 aromatic carbocycles. The molecule has 0 amide bonds. The highest BCUT2D eigenvalue weighted by molar-refractivity contribution is 5.48. The second-order valence-electron chi connectivity index (χ2n) is 5.51. The maximum Gasteiger partial charge on any atom is 0.119 e. The molecule has 0 aliphatic heterocycles. The summed E-state index contributed by atoms with van der Waals surface area (Å²) in [5.74, 6) is 0. The molecule has 0 atom stereocenters. The Morgan fingerprint density at radius 2 is 0.957 bits per heavy atom. The lowest BCUT2D eigenvalue weighted by molar-refractivity contribution is -0.107. The van der Waals surface area contributed by atoms with Crippen molar-refractivity contribution in [3.8, 4) is 0 Å². The predicted molar refractivity (Wildman–Crippen MR) is 104 cm³/mol. The van der Waals surface area contributed by atoms with E-state index < -0.39 is 0 Å². The largest absolute Gasteiger partial charge is 0.303 e. The average Bonchev–Trinajstić information content (AvgIpc) is 2.57. The van der Waals surface area contributed by atoms with Crippen molar-refractivity contribution in [2.24, 2.45) is 0 Å². The summed E-state index contributed by atoms with van der Waals surface area (Å²) in [7, 11) is 0. The third-order valence-electron chi connectivity index (χ3n) is 3.35. The Labute approximate surface area is 143 Å². The SMILES string of the molecule is CC/C=C/C/C=C/C/C=C/C/C=C/C/C=C/CCCCCC=O. The molecule has 0 saturated carbocycles. The van der Waals surface area contributed by atoms with Crippen molar-refractivity contribution in [2.75, 3.05) is 0 Å². The molecule has 0 radical (unpaired) electrons. The number of carbonyl (C=O) groups excluding carboxylic acids is 1. The van der Waals surface area contributed by atoms with Crippen molar-refractivity contribution in [3.05, 3.63) is 60.8 Å². The van der Waals surface area contributed by atoms with Gasteiger partial charge in [-0.05, 0) is 51.4 Å². The van der Waals surface area contributed by atoms with E-state index in [-0.39, 0.29) is 0 Å². The van der Waals surface area contributed by atoms with Gasteiger partial charge in [-0.25, -0.2) is 0 Å². The molecule has 0 rings (SSSR count). The highest BCUT2D eigenvalue weighted by Gasteiger charge is 1.85. The van der Waals surface area contributed by atoms with Crippen LogP contribution in [0.5, 0.6) is 0 Å². The second-order valence-corrected chi connectivity index (χ2v) is 5.51. The molecule has 1 heteroatoms. The molecule has 0 aliphatic rings. The van der Waals surface area contributed by atoms with Gasteiger partial charge in [0.15, 0.2) is 0 Å². The minimum absolute atomic E-state index is 0.714. The molecule has 0 aromatic rings. The third kappa shape index (κ3) is 20.4. The monoisotopic (exact) mass is 314 g/mol. The molecule has 23 heavy (non-hydrogen) atoms. The van der Waals surface area contributed by atoms with E-state index in [0.29, 0.717) is 6.42 Å². The van der Waals surface area contributed by atoms with E-state index in [2.05, 4.69) is 67.7 Å². The van der Waals surface area contributed by atoms with E-state index in [1.54, 1.807) is 0 Å². The summed E-state index contributed by atoms with van der Waals surface area (Å²) in [6.07, 6.45) is 33.7. The van der Waals surface area contributed by atoms with Crippen molar-refractivity contribution < 1.29 is 4.79 Å².